The van der Waals surface area contributed by atoms with Gasteiger partial charge in [-0.05, 0) is 11.6 Å². The molecule has 0 saturated carbocycles. The molecule has 0 bridgehead atoms. The lowest BCUT2D eigenvalue weighted by Gasteiger charge is -1.95. The number of rotatable bonds is 2. The molecule has 0 atom stereocenters. The van der Waals surface area contributed by atoms with Gasteiger partial charge < -0.3 is 4.42 Å². The molecule has 0 N–H and O–H groups in total. The zero-order valence-corrected chi connectivity index (χ0v) is 7.60. The van der Waals surface area contributed by atoms with Crippen LogP contribution >= 0.6 is 0 Å². The van der Waals surface area contributed by atoms with Gasteiger partial charge in [-0.1, -0.05) is 30.8 Å². The minimum atomic E-state index is 0.777. The van der Waals surface area contributed by atoms with Gasteiger partial charge >= 0.3 is 0 Å². The number of benzene rings is 1. The average Bonchev–Trinajstić information content (AvgIpc) is 2.72. The van der Waals surface area contributed by atoms with E-state index in [-0.39, 0.29) is 0 Å². The molecule has 0 aliphatic heterocycles. The van der Waals surface area contributed by atoms with Gasteiger partial charge in [0.1, 0.15) is 0 Å². The van der Waals surface area contributed by atoms with Crippen LogP contribution in [0.15, 0.2) is 53.6 Å². The second-order valence-corrected chi connectivity index (χ2v) is 2.84. The van der Waals surface area contributed by atoms with E-state index >= 15 is 0 Å². The Balaban J connectivity index is 2.35. The molecule has 2 heteroatoms. The number of hydrogen-bond donors (Lipinski definition) is 0. The molecule has 2 nitrogen and oxygen atoms in total. The van der Waals surface area contributed by atoms with Gasteiger partial charge in [-0.15, -0.1) is 5.73 Å². The summed E-state index contributed by atoms with van der Waals surface area (Å²) < 4.78 is 5.17. The Bertz CT molecular complexity index is 448. The molecule has 0 aliphatic rings. The highest BCUT2D eigenvalue weighted by Crippen LogP contribution is 2.18. The van der Waals surface area contributed by atoms with Crippen molar-refractivity contribution in [3.63, 3.8) is 0 Å². The van der Waals surface area contributed by atoms with Crippen molar-refractivity contribution in [2.24, 2.45) is 0 Å². The first kappa shape index (κ1) is 8.54. The number of nitrogens with zero attached hydrogens (tertiary/aromatic N) is 1. The average molecular weight is 183 g/mol. The summed E-state index contributed by atoms with van der Waals surface area (Å²) in [6, 6.07) is 7.92. The quantitative estimate of drug-likeness (QED) is 0.668. The van der Waals surface area contributed by atoms with Crippen molar-refractivity contribution in [3.8, 4) is 11.3 Å². The normalized spacial score (nSPS) is 9.43. The molecule has 1 heterocycles. The zero-order valence-electron chi connectivity index (χ0n) is 7.60. The first-order chi connectivity index (χ1) is 6.90. The highest BCUT2D eigenvalue weighted by atomic mass is 16.3. The summed E-state index contributed by atoms with van der Waals surface area (Å²) in [5.74, 6) is 0.777. The van der Waals surface area contributed by atoms with Gasteiger partial charge in [-0.25, -0.2) is 4.98 Å². The number of hydrogen-bond acceptors (Lipinski definition) is 2. The van der Waals surface area contributed by atoms with Crippen LogP contribution in [0.1, 0.15) is 5.56 Å². The summed E-state index contributed by atoms with van der Waals surface area (Å²) in [7, 11) is 0. The second kappa shape index (κ2) is 3.77. The maximum absolute atomic E-state index is 5.17. The molecule has 0 aliphatic carbocycles. The molecular weight excluding hydrogens is 174 g/mol. The van der Waals surface area contributed by atoms with E-state index in [0.717, 1.165) is 16.9 Å². The maximum atomic E-state index is 5.17. The Kier molecular flexibility index (Phi) is 2.30. The van der Waals surface area contributed by atoms with E-state index in [1.807, 2.05) is 30.3 Å². The molecule has 14 heavy (non-hydrogen) atoms. The van der Waals surface area contributed by atoms with Crippen molar-refractivity contribution in [2.75, 3.05) is 0 Å². The SMILES string of the molecule is C=C=Cc1ccc(-c2cnco2)cc1. The van der Waals surface area contributed by atoms with Crippen molar-refractivity contribution < 1.29 is 4.42 Å². The smallest absolute Gasteiger partial charge is 0.181 e. The van der Waals surface area contributed by atoms with E-state index in [1.165, 1.54) is 6.39 Å². The Labute approximate surface area is 82.2 Å². The molecule has 0 saturated heterocycles. The van der Waals surface area contributed by atoms with Crippen LogP contribution in [0.3, 0.4) is 0 Å². The Morgan fingerprint density at radius 1 is 1.29 bits per heavy atom. The molecule has 0 radical (unpaired) electrons. The van der Waals surface area contributed by atoms with E-state index in [4.69, 9.17) is 4.42 Å². The van der Waals surface area contributed by atoms with Crippen LogP contribution in [0, 0.1) is 0 Å². The van der Waals surface area contributed by atoms with E-state index in [2.05, 4.69) is 17.3 Å². The van der Waals surface area contributed by atoms with Crippen LogP contribution in [-0.2, 0) is 0 Å². The second-order valence-electron chi connectivity index (χ2n) is 2.84. The summed E-state index contributed by atoms with van der Waals surface area (Å²) in [5, 5.41) is 0. The highest BCUT2D eigenvalue weighted by Gasteiger charge is 1.99. The van der Waals surface area contributed by atoms with E-state index < -0.39 is 0 Å². The summed E-state index contributed by atoms with van der Waals surface area (Å²) in [6.45, 7) is 3.52. The molecule has 2 rings (SSSR count). The van der Waals surface area contributed by atoms with Gasteiger partial charge in [-0.2, -0.15) is 0 Å². The van der Waals surface area contributed by atoms with Crippen molar-refractivity contribution in [1.29, 1.82) is 0 Å². The van der Waals surface area contributed by atoms with Gasteiger partial charge in [0.25, 0.3) is 0 Å². The fourth-order valence-electron chi connectivity index (χ4n) is 1.22. The van der Waals surface area contributed by atoms with E-state index in [9.17, 15) is 0 Å². The lowest BCUT2D eigenvalue weighted by Crippen LogP contribution is -1.74. The van der Waals surface area contributed by atoms with Crippen LogP contribution in [0.4, 0.5) is 0 Å². The monoisotopic (exact) mass is 183 g/mol. The van der Waals surface area contributed by atoms with Crippen molar-refractivity contribution in [3.05, 3.63) is 54.7 Å². The largest absolute Gasteiger partial charge is 0.444 e. The van der Waals surface area contributed by atoms with Gasteiger partial charge in [0.05, 0.1) is 6.20 Å². The summed E-state index contributed by atoms with van der Waals surface area (Å²) >= 11 is 0. The van der Waals surface area contributed by atoms with Gasteiger partial charge in [-0.3, -0.25) is 0 Å². The summed E-state index contributed by atoms with van der Waals surface area (Å²) in [4.78, 5) is 3.86. The summed E-state index contributed by atoms with van der Waals surface area (Å²) in [6.07, 6.45) is 4.94. The van der Waals surface area contributed by atoms with Crippen molar-refractivity contribution in [1.82, 2.24) is 4.98 Å². The van der Waals surface area contributed by atoms with Crippen LogP contribution in [0.2, 0.25) is 0 Å². The third-order valence-corrected chi connectivity index (χ3v) is 1.90. The first-order valence-electron chi connectivity index (χ1n) is 4.25. The molecule has 0 fully saturated rings. The number of aromatic nitrogens is 1. The van der Waals surface area contributed by atoms with Crippen LogP contribution in [0.5, 0.6) is 0 Å². The van der Waals surface area contributed by atoms with Gasteiger partial charge in [0.2, 0.25) is 0 Å². The maximum Gasteiger partial charge on any atom is 0.181 e. The fraction of sp³-hybridized carbons (Fsp3) is 0. The zero-order chi connectivity index (χ0) is 9.80. The lowest BCUT2D eigenvalue weighted by molar-refractivity contribution is 0.572. The standard InChI is InChI=1S/C12H9NO/c1-2-3-10-4-6-11(7-5-10)12-8-13-9-14-12/h3-9H,1H2. The predicted molar refractivity (Wildman–Crippen MR) is 55.5 cm³/mol. The van der Waals surface area contributed by atoms with Crippen molar-refractivity contribution >= 4 is 6.08 Å². The van der Waals surface area contributed by atoms with Crippen LogP contribution < -0.4 is 0 Å². The molecule has 0 amide bonds. The van der Waals surface area contributed by atoms with Gasteiger partial charge in [0.15, 0.2) is 12.2 Å². The van der Waals surface area contributed by atoms with Crippen LogP contribution in [0.25, 0.3) is 17.4 Å². The fourth-order valence-corrected chi connectivity index (χ4v) is 1.22. The molecule has 68 valence electrons. The van der Waals surface area contributed by atoms with Crippen LogP contribution in [-0.4, -0.2) is 4.98 Å². The van der Waals surface area contributed by atoms with Crippen molar-refractivity contribution in [2.45, 2.75) is 0 Å². The highest BCUT2D eigenvalue weighted by molar-refractivity contribution is 5.60. The molecular formula is C12H9NO. The van der Waals surface area contributed by atoms with E-state index in [0.29, 0.717) is 0 Å². The van der Waals surface area contributed by atoms with Gasteiger partial charge in [0, 0.05) is 5.56 Å². The molecule has 0 unspecified atom stereocenters. The molecule has 1 aromatic heterocycles. The Morgan fingerprint density at radius 2 is 2.07 bits per heavy atom. The predicted octanol–water partition coefficient (Wildman–Crippen LogP) is 3.14. The minimum absolute atomic E-state index is 0.777. The molecule has 1 aromatic carbocycles. The number of oxazole rings is 1. The molecule has 2 aromatic rings. The first-order valence-corrected chi connectivity index (χ1v) is 4.25. The lowest BCUT2D eigenvalue weighted by atomic mass is 10.1. The minimum Gasteiger partial charge on any atom is -0.444 e. The Hall–Kier alpha value is -2.05. The topological polar surface area (TPSA) is 26.0 Å². The Morgan fingerprint density at radius 3 is 2.64 bits per heavy atom. The third-order valence-electron chi connectivity index (χ3n) is 1.90. The summed E-state index contributed by atoms with van der Waals surface area (Å²) in [5.41, 5.74) is 4.82. The third kappa shape index (κ3) is 1.65. The molecule has 0 spiro atoms. The van der Waals surface area contributed by atoms with E-state index in [1.54, 1.807) is 6.20 Å².